The summed E-state index contributed by atoms with van der Waals surface area (Å²) in [6.07, 6.45) is 4.22. The van der Waals surface area contributed by atoms with Crippen LogP contribution in [0.5, 0.6) is 5.75 Å². The fraction of sp³-hybridized carbons (Fsp3) is 0.526. The Balaban J connectivity index is 2.71. The highest BCUT2D eigenvalue weighted by atomic mass is 16.5. The summed E-state index contributed by atoms with van der Waals surface area (Å²) in [6.45, 7) is 3.85. The van der Waals surface area contributed by atoms with Crippen LogP contribution in [0.2, 0.25) is 0 Å². The number of hydrogen-bond acceptors (Lipinski definition) is 6. The predicted molar refractivity (Wildman–Crippen MR) is 96.4 cm³/mol. The third kappa shape index (κ3) is 7.13. The minimum Gasteiger partial charge on any atom is -0.484 e. The second-order valence-corrected chi connectivity index (χ2v) is 5.98. The Morgan fingerprint density at radius 2 is 1.58 bits per heavy atom. The van der Waals surface area contributed by atoms with E-state index in [1.54, 1.807) is 0 Å². The van der Waals surface area contributed by atoms with Crippen LogP contribution in [-0.2, 0) is 14.3 Å². The minimum atomic E-state index is -0.616. The average molecular weight is 365 g/mol. The topological polar surface area (TPSA) is 90.9 Å². The van der Waals surface area contributed by atoms with Crippen LogP contribution >= 0.6 is 0 Å². The normalized spacial score (nSPS) is 11.4. The van der Waals surface area contributed by atoms with Gasteiger partial charge < -0.3 is 19.5 Å². The van der Waals surface area contributed by atoms with Gasteiger partial charge in [-0.05, 0) is 31.5 Å². The smallest absolute Gasteiger partial charge is 0.338 e. The Morgan fingerprint density at radius 3 is 2.08 bits per heavy atom. The first kappa shape index (κ1) is 21.5. The van der Waals surface area contributed by atoms with Crippen LogP contribution in [0, 0.1) is 0 Å². The van der Waals surface area contributed by atoms with E-state index in [0.29, 0.717) is 0 Å². The van der Waals surface area contributed by atoms with Crippen LogP contribution in [0.4, 0.5) is 0 Å². The third-order valence-corrected chi connectivity index (χ3v) is 3.77. The van der Waals surface area contributed by atoms with E-state index < -0.39 is 11.9 Å². The zero-order valence-corrected chi connectivity index (χ0v) is 15.8. The number of amides is 1. The van der Waals surface area contributed by atoms with Gasteiger partial charge in [0.15, 0.2) is 6.61 Å². The standard InChI is InChI=1S/C19H27NO6/c1-5-6-7-8-13(2)20-17(21)12-26-16-10-14(18(22)24-3)9-15(11-16)19(23)25-4/h9-11,13H,5-8,12H2,1-4H3,(H,20,21)/t13-/m1/s1. The number of esters is 2. The van der Waals surface area contributed by atoms with Crippen molar-refractivity contribution in [1.82, 2.24) is 5.32 Å². The molecule has 0 aliphatic rings. The molecule has 0 aliphatic heterocycles. The molecular weight excluding hydrogens is 338 g/mol. The van der Waals surface area contributed by atoms with Gasteiger partial charge in [-0.2, -0.15) is 0 Å². The van der Waals surface area contributed by atoms with Gasteiger partial charge in [0, 0.05) is 6.04 Å². The number of rotatable bonds is 10. The number of carbonyl (C=O) groups is 3. The number of unbranched alkanes of at least 4 members (excludes halogenated alkanes) is 2. The lowest BCUT2D eigenvalue weighted by Crippen LogP contribution is -2.36. The monoisotopic (exact) mass is 365 g/mol. The molecule has 0 aromatic heterocycles. The van der Waals surface area contributed by atoms with Crippen molar-refractivity contribution in [2.45, 2.75) is 45.6 Å². The SMILES string of the molecule is CCCCC[C@@H](C)NC(=O)COc1cc(C(=O)OC)cc(C(=O)OC)c1. The van der Waals surface area contributed by atoms with Crippen molar-refractivity contribution in [2.75, 3.05) is 20.8 Å². The van der Waals surface area contributed by atoms with Gasteiger partial charge in [0.1, 0.15) is 5.75 Å². The molecule has 7 nitrogen and oxygen atoms in total. The zero-order chi connectivity index (χ0) is 19.5. The van der Waals surface area contributed by atoms with Crippen LogP contribution in [0.1, 0.15) is 60.2 Å². The molecule has 0 bridgehead atoms. The summed E-state index contributed by atoms with van der Waals surface area (Å²) in [4.78, 5) is 35.4. The molecule has 26 heavy (non-hydrogen) atoms. The van der Waals surface area contributed by atoms with E-state index in [1.807, 2.05) is 6.92 Å². The first-order valence-corrected chi connectivity index (χ1v) is 8.65. The lowest BCUT2D eigenvalue weighted by Gasteiger charge is -2.14. The molecule has 1 aromatic rings. The third-order valence-electron chi connectivity index (χ3n) is 3.77. The second-order valence-electron chi connectivity index (χ2n) is 5.98. The van der Waals surface area contributed by atoms with Crippen molar-refractivity contribution in [2.24, 2.45) is 0 Å². The number of methoxy groups -OCH3 is 2. The molecule has 144 valence electrons. The molecule has 7 heteroatoms. The highest BCUT2D eigenvalue weighted by molar-refractivity contribution is 5.96. The van der Waals surface area contributed by atoms with E-state index in [-0.39, 0.29) is 35.4 Å². The van der Waals surface area contributed by atoms with Gasteiger partial charge in [0.05, 0.1) is 25.3 Å². The van der Waals surface area contributed by atoms with Crippen molar-refractivity contribution in [3.05, 3.63) is 29.3 Å². The van der Waals surface area contributed by atoms with Gasteiger partial charge in [-0.15, -0.1) is 0 Å². The molecule has 0 radical (unpaired) electrons. The summed E-state index contributed by atoms with van der Waals surface area (Å²) in [5.41, 5.74) is 0.275. The van der Waals surface area contributed by atoms with Crippen molar-refractivity contribution < 1.29 is 28.6 Å². The molecule has 0 unspecified atom stereocenters. The Kier molecular flexibility index (Phi) is 9.19. The second kappa shape index (κ2) is 11.1. The molecule has 1 amide bonds. The van der Waals surface area contributed by atoms with Gasteiger partial charge in [-0.25, -0.2) is 9.59 Å². The summed E-state index contributed by atoms with van der Waals surface area (Å²) in [5.74, 6) is -1.29. The highest BCUT2D eigenvalue weighted by Crippen LogP contribution is 2.19. The van der Waals surface area contributed by atoms with Gasteiger partial charge in [0.25, 0.3) is 5.91 Å². The first-order chi connectivity index (χ1) is 12.4. The molecule has 0 heterocycles. The fourth-order valence-electron chi connectivity index (χ4n) is 2.39. The van der Waals surface area contributed by atoms with Crippen LogP contribution < -0.4 is 10.1 Å². The Labute approximate surface area is 154 Å². The molecule has 1 rings (SSSR count). The Morgan fingerprint density at radius 1 is 1.00 bits per heavy atom. The Hall–Kier alpha value is -2.57. The van der Waals surface area contributed by atoms with Crippen molar-refractivity contribution in [3.8, 4) is 5.75 Å². The number of nitrogens with one attached hydrogen (secondary N) is 1. The highest BCUT2D eigenvalue weighted by Gasteiger charge is 2.15. The molecule has 0 spiro atoms. The summed E-state index contributed by atoms with van der Waals surface area (Å²) in [6, 6.07) is 4.23. The molecule has 0 saturated carbocycles. The number of carbonyl (C=O) groups excluding carboxylic acids is 3. The maximum atomic E-state index is 12.0. The van der Waals surface area contributed by atoms with Gasteiger partial charge in [-0.3, -0.25) is 4.79 Å². The van der Waals surface area contributed by atoms with E-state index in [1.165, 1.54) is 32.4 Å². The maximum absolute atomic E-state index is 12.0. The minimum absolute atomic E-state index is 0.0599. The number of benzene rings is 1. The average Bonchev–Trinajstić information content (AvgIpc) is 2.64. The molecule has 1 aromatic carbocycles. The van der Waals surface area contributed by atoms with Gasteiger partial charge in [-0.1, -0.05) is 26.2 Å². The molecule has 0 saturated heterocycles. The van der Waals surface area contributed by atoms with Crippen molar-refractivity contribution in [3.63, 3.8) is 0 Å². The Bertz CT molecular complexity index is 594. The zero-order valence-electron chi connectivity index (χ0n) is 15.8. The van der Waals surface area contributed by atoms with Crippen LogP contribution in [0.25, 0.3) is 0 Å². The predicted octanol–water partition coefficient (Wildman–Crippen LogP) is 2.72. The van der Waals surface area contributed by atoms with Crippen LogP contribution in [-0.4, -0.2) is 44.7 Å². The molecule has 0 fully saturated rings. The fourth-order valence-corrected chi connectivity index (χ4v) is 2.39. The quantitative estimate of drug-likeness (QED) is 0.506. The van der Waals surface area contributed by atoms with Crippen molar-refractivity contribution in [1.29, 1.82) is 0 Å². The lowest BCUT2D eigenvalue weighted by atomic mass is 10.1. The van der Waals surface area contributed by atoms with Crippen LogP contribution in [0.15, 0.2) is 18.2 Å². The van der Waals surface area contributed by atoms with E-state index in [2.05, 4.69) is 21.7 Å². The first-order valence-electron chi connectivity index (χ1n) is 8.65. The molecular formula is C19H27NO6. The summed E-state index contributed by atoms with van der Waals surface area (Å²) in [5, 5.41) is 2.86. The van der Waals surface area contributed by atoms with E-state index in [0.717, 1.165) is 25.7 Å². The summed E-state index contributed by atoms with van der Waals surface area (Å²) in [7, 11) is 2.47. The molecule has 1 atom stereocenters. The van der Waals surface area contributed by atoms with Gasteiger partial charge in [0.2, 0.25) is 0 Å². The maximum Gasteiger partial charge on any atom is 0.338 e. The molecule has 1 N–H and O–H groups in total. The van der Waals surface area contributed by atoms with Gasteiger partial charge >= 0.3 is 11.9 Å². The van der Waals surface area contributed by atoms with Crippen LogP contribution in [0.3, 0.4) is 0 Å². The lowest BCUT2D eigenvalue weighted by molar-refractivity contribution is -0.123. The largest absolute Gasteiger partial charge is 0.484 e. The van der Waals surface area contributed by atoms with E-state index in [9.17, 15) is 14.4 Å². The van der Waals surface area contributed by atoms with Crippen molar-refractivity contribution >= 4 is 17.8 Å². The summed E-state index contributed by atoms with van der Waals surface area (Å²) < 4.78 is 14.8. The summed E-state index contributed by atoms with van der Waals surface area (Å²) >= 11 is 0. The van der Waals surface area contributed by atoms with E-state index >= 15 is 0 Å². The number of hydrogen-bond donors (Lipinski definition) is 1. The number of ether oxygens (including phenoxy) is 3. The molecule has 0 aliphatic carbocycles. The van der Waals surface area contributed by atoms with E-state index in [4.69, 9.17) is 4.74 Å².